The van der Waals surface area contributed by atoms with Gasteiger partial charge in [0.2, 0.25) is 0 Å². The summed E-state index contributed by atoms with van der Waals surface area (Å²) in [5.41, 5.74) is 1.62. The van der Waals surface area contributed by atoms with Crippen molar-refractivity contribution in [2.75, 3.05) is 0 Å². The smallest absolute Gasteiger partial charge is 0.335 e. The summed E-state index contributed by atoms with van der Waals surface area (Å²) in [4.78, 5) is 22.3. The molecular formula is C11H11NO3. The molecule has 2 rings (SSSR count). The molecule has 0 aliphatic carbocycles. The van der Waals surface area contributed by atoms with Gasteiger partial charge in [-0.1, -0.05) is 0 Å². The zero-order chi connectivity index (χ0) is 11.0. The summed E-state index contributed by atoms with van der Waals surface area (Å²) in [7, 11) is 0. The zero-order valence-corrected chi connectivity index (χ0v) is 8.28. The summed E-state index contributed by atoms with van der Waals surface area (Å²) in [5, 5.41) is 11.6. The molecule has 78 valence electrons. The van der Waals surface area contributed by atoms with Crippen LogP contribution in [0.5, 0.6) is 0 Å². The lowest BCUT2D eigenvalue weighted by atomic mass is 9.94. The maximum absolute atomic E-state index is 11.5. The molecule has 4 nitrogen and oxygen atoms in total. The molecule has 0 saturated heterocycles. The van der Waals surface area contributed by atoms with Crippen molar-refractivity contribution in [2.45, 2.75) is 19.4 Å². The van der Waals surface area contributed by atoms with Crippen molar-refractivity contribution in [3.05, 3.63) is 34.9 Å². The highest BCUT2D eigenvalue weighted by Crippen LogP contribution is 2.18. The third-order valence-corrected chi connectivity index (χ3v) is 2.50. The minimum Gasteiger partial charge on any atom is -0.478 e. The number of nitrogens with one attached hydrogen (secondary N) is 1. The van der Waals surface area contributed by atoms with Crippen LogP contribution in [0.15, 0.2) is 18.2 Å². The normalized spacial score (nSPS) is 19.3. The van der Waals surface area contributed by atoms with Gasteiger partial charge in [0, 0.05) is 11.6 Å². The summed E-state index contributed by atoms with van der Waals surface area (Å²) >= 11 is 0. The number of carbonyl (C=O) groups is 2. The number of hydrogen-bond acceptors (Lipinski definition) is 2. The highest BCUT2D eigenvalue weighted by molar-refractivity contribution is 5.98. The number of hydrogen-bond donors (Lipinski definition) is 2. The quantitative estimate of drug-likeness (QED) is 0.720. The maximum atomic E-state index is 11.5. The fraction of sp³-hybridized carbons (Fsp3) is 0.273. The van der Waals surface area contributed by atoms with Gasteiger partial charge in [-0.15, -0.1) is 0 Å². The van der Waals surface area contributed by atoms with Crippen molar-refractivity contribution < 1.29 is 14.7 Å². The number of carbonyl (C=O) groups excluding carboxylic acids is 1. The number of benzene rings is 1. The first kappa shape index (κ1) is 9.71. The van der Waals surface area contributed by atoms with Gasteiger partial charge in [0.1, 0.15) is 0 Å². The van der Waals surface area contributed by atoms with Crippen LogP contribution in [0.4, 0.5) is 0 Å². The molecule has 1 atom stereocenters. The average molecular weight is 205 g/mol. The van der Waals surface area contributed by atoms with Gasteiger partial charge < -0.3 is 10.4 Å². The minimum atomic E-state index is -0.962. The Balaban J connectivity index is 2.48. The van der Waals surface area contributed by atoms with Crippen LogP contribution in [0.2, 0.25) is 0 Å². The van der Waals surface area contributed by atoms with Gasteiger partial charge in [-0.25, -0.2) is 4.79 Å². The molecule has 1 aliphatic heterocycles. The Morgan fingerprint density at radius 1 is 1.53 bits per heavy atom. The fourth-order valence-electron chi connectivity index (χ4n) is 1.80. The Kier molecular flexibility index (Phi) is 2.19. The van der Waals surface area contributed by atoms with E-state index in [4.69, 9.17) is 5.11 Å². The highest BCUT2D eigenvalue weighted by Gasteiger charge is 2.22. The van der Waals surface area contributed by atoms with Crippen LogP contribution < -0.4 is 5.32 Å². The summed E-state index contributed by atoms with van der Waals surface area (Å²) in [6.07, 6.45) is 0.683. The third-order valence-electron chi connectivity index (χ3n) is 2.50. The van der Waals surface area contributed by atoms with E-state index < -0.39 is 5.97 Å². The molecule has 0 radical (unpaired) electrons. The lowest BCUT2D eigenvalue weighted by molar-refractivity contribution is 0.0695. The molecule has 4 heteroatoms. The lowest BCUT2D eigenvalue weighted by Gasteiger charge is -2.22. The number of carboxylic acids is 1. The van der Waals surface area contributed by atoms with Gasteiger partial charge in [-0.3, -0.25) is 4.79 Å². The highest BCUT2D eigenvalue weighted by atomic mass is 16.4. The molecule has 1 aromatic rings. The maximum Gasteiger partial charge on any atom is 0.335 e. The number of aromatic carboxylic acids is 1. The second-order valence-electron chi connectivity index (χ2n) is 3.76. The van der Waals surface area contributed by atoms with Crippen molar-refractivity contribution in [3.63, 3.8) is 0 Å². The van der Waals surface area contributed by atoms with E-state index in [1.54, 1.807) is 12.1 Å². The van der Waals surface area contributed by atoms with Gasteiger partial charge in [-0.2, -0.15) is 0 Å². The zero-order valence-electron chi connectivity index (χ0n) is 8.28. The monoisotopic (exact) mass is 205 g/mol. The Morgan fingerprint density at radius 2 is 2.27 bits per heavy atom. The van der Waals surface area contributed by atoms with E-state index in [1.807, 2.05) is 6.92 Å². The number of amides is 1. The molecule has 1 amide bonds. The average Bonchev–Trinajstić information content (AvgIpc) is 2.16. The first-order chi connectivity index (χ1) is 7.08. The number of rotatable bonds is 1. The molecule has 0 bridgehead atoms. The summed E-state index contributed by atoms with van der Waals surface area (Å²) in [6, 6.07) is 4.66. The standard InChI is InChI=1S/C11H11NO3/c1-6-4-8-5-7(11(14)15)2-3-9(8)10(13)12-6/h2-3,5-6H,4H2,1H3,(H,12,13)(H,14,15). The molecule has 1 unspecified atom stereocenters. The minimum absolute atomic E-state index is 0.0639. The van der Waals surface area contributed by atoms with E-state index >= 15 is 0 Å². The van der Waals surface area contributed by atoms with Crippen LogP contribution in [0.3, 0.4) is 0 Å². The fourth-order valence-corrected chi connectivity index (χ4v) is 1.80. The summed E-state index contributed by atoms with van der Waals surface area (Å²) in [6.45, 7) is 1.90. The predicted octanol–water partition coefficient (Wildman–Crippen LogP) is 1.06. The van der Waals surface area contributed by atoms with Crippen LogP contribution in [-0.2, 0) is 6.42 Å². The molecule has 0 fully saturated rings. The molecule has 15 heavy (non-hydrogen) atoms. The van der Waals surface area contributed by atoms with E-state index in [1.165, 1.54) is 6.07 Å². The van der Waals surface area contributed by atoms with Crippen LogP contribution >= 0.6 is 0 Å². The van der Waals surface area contributed by atoms with Gasteiger partial charge in [-0.05, 0) is 37.1 Å². The Morgan fingerprint density at radius 3 is 2.93 bits per heavy atom. The molecule has 2 N–H and O–H groups in total. The van der Waals surface area contributed by atoms with E-state index in [-0.39, 0.29) is 17.5 Å². The number of fused-ring (bicyclic) bond motifs is 1. The van der Waals surface area contributed by atoms with Crippen molar-refractivity contribution in [1.82, 2.24) is 5.32 Å². The lowest BCUT2D eigenvalue weighted by Crippen LogP contribution is -2.39. The molecular weight excluding hydrogens is 194 g/mol. The Labute approximate surface area is 86.9 Å². The first-order valence-corrected chi connectivity index (χ1v) is 4.75. The Hall–Kier alpha value is -1.84. The van der Waals surface area contributed by atoms with E-state index in [2.05, 4.69) is 5.32 Å². The third kappa shape index (κ3) is 1.70. The van der Waals surface area contributed by atoms with Crippen LogP contribution in [-0.4, -0.2) is 23.0 Å². The SMILES string of the molecule is CC1Cc2cc(C(=O)O)ccc2C(=O)N1. The molecule has 0 aromatic heterocycles. The molecule has 1 aliphatic rings. The second-order valence-corrected chi connectivity index (χ2v) is 3.76. The Bertz CT molecular complexity index is 439. The molecule has 0 spiro atoms. The van der Waals surface area contributed by atoms with E-state index in [0.717, 1.165) is 5.56 Å². The topological polar surface area (TPSA) is 66.4 Å². The molecule has 1 heterocycles. The molecule has 0 saturated carbocycles. The predicted molar refractivity (Wildman–Crippen MR) is 54.0 cm³/mol. The summed E-state index contributed by atoms with van der Waals surface area (Å²) in [5.74, 6) is -1.09. The largest absolute Gasteiger partial charge is 0.478 e. The van der Waals surface area contributed by atoms with Gasteiger partial charge in [0.25, 0.3) is 5.91 Å². The summed E-state index contributed by atoms with van der Waals surface area (Å²) < 4.78 is 0. The van der Waals surface area contributed by atoms with Gasteiger partial charge >= 0.3 is 5.97 Å². The van der Waals surface area contributed by atoms with Gasteiger partial charge in [0.05, 0.1) is 5.56 Å². The van der Waals surface area contributed by atoms with E-state index in [9.17, 15) is 9.59 Å². The van der Waals surface area contributed by atoms with Crippen molar-refractivity contribution in [3.8, 4) is 0 Å². The second kappa shape index (κ2) is 3.38. The van der Waals surface area contributed by atoms with Crippen LogP contribution in [0.1, 0.15) is 33.2 Å². The van der Waals surface area contributed by atoms with Gasteiger partial charge in [0.15, 0.2) is 0 Å². The number of carboxylic acid groups (broad SMARTS) is 1. The van der Waals surface area contributed by atoms with Crippen molar-refractivity contribution in [2.24, 2.45) is 0 Å². The first-order valence-electron chi connectivity index (χ1n) is 4.75. The van der Waals surface area contributed by atoms with Crippen LogP contribution in [0.25, 0.3) is 0 Å². The molecule has 1 aromatic carbocycles. The van der Waals surface area contributed by atoms with Crippen molar-refractivity contribution in [1.29, 1.82) is 0 Å². The van der Waals surface area contributed by atoms with Crippen molar-refractivity contribution >= 4 is 11.9 Å². The van der Waals surface area contributed by atoms with E-state index in [0.29, 0.717) is 12.0 Å². The van der Waals surface area contributed by atoms with Crippen LogP contribution in [0, 0.1) is 0 Å².